The maximum absolute atomic E-state index is 5.52. The molecule has 2 heterocycles. The van der Waals surface area contributed by atoms with Crippen molar-refractivity contribution in [3.63, 3.8) is 0 Å². The molecule has 0 aliphatic carbocycles. The van der Waals surface area contributed by atoms with E-state index in [1.165, 1.54) is 0 Å². The molecule has 0 unspecified atom stereocenters. The molecule has 6 nitrogen and oxygen atoms in total. The van der Waals surface area contributed by atoms with Crippen LogP contribution in [0.2, 0.25) is 0 Å². The minimum atomic E-state index is 0. The summed E-state index contributed by atoms with van der Waals surface area (Å²) in [5.41, 5.74) is 2.15. The second-order valence-electron chi connectivity index (χ2n) is 5.23. The number of aryl methyl sites for hydroxylation is 2. The number of nitrogens with zero attached hydrogens (tertiary/aromatic N) is 3. The molecule has 2 aromatic rings. The molecule has 2 rings (SSSR count). The Balaban J connectivity index is 0.00000264. The van der Waals surface area contributed by atoms with E-state index in [1.807, 2.05) is 38.9 Å². The Hall–Kier alpha value is -1.29. The largest absolute Gasteiger partial charge is 0.466 e. The van der Waals surface area contributed by atoms with Crippen LogP contribution in [-0.4, -0.2) is 32.1 Å². The van der Waals surface area contributed by atoms with Gasteiger partial charge in [0.2, 0.25) is 0 Å². The highest BCUT2D eigenvalue weighted by Gasteiger charge is 2.07. The van der Waals surface area contributed by atoms with Crippen LogP contribution in [0.4, 0.5) is 5.13 Å². The van der Waals surface area contributed by atoms with Crippen molar-refractivity contribution in [1.82, 2.24) is 15.6 Å². The van der Waals surface area contributed by atoms with Crippen LogP contribution >= 0.6 is 35.3 Å². The van der Waals surface area contributed by atoms with E-state index in [9.17, 15) is 0 Å². The third-order valence-electron chi connectivity index (χ3n) is 3.17. The van der Waals surface area contributed by atoms with E-state index in [0.29, 0.717) is 13.1 Å². The molecule has 0 fully saturated rings. The van der Waals surface area contributed by atoms with Crippen LogP contribution in [0.3, 0.4) is 0 Å². The summed E-state index contributed by atoms with van der Waals surface area (Å²) in [5.74, 6) is 2.61. The lowest BCUT2D eigenvalue weighted by Crippen LogP contribution is -2.36. The van der Waals surface area contributed by atoms with Crippen LogP contribution in [0, 0.1) is 13.8 Å². The van der Waals surface area contributed by atoms with Crippen molar-refractivity contribution in [2.45, 2.75) is 26.9 Å². The fourth-order valence-corrected chi connectivity index (χ4v) is 2.77. The molecule has 0 atom stereocenters. The molecule has 0 amide bonds. The lowest BCUT2D eigenvalue weighted by atomic mass is 10.2. The molecule has 128 valence electrons. The lowest BCUT2D eigenvalue weighted by molar-refractivity contribution is 0.500. The number of anilines is 1. The van der Waals surface area contributed by atoms with Crippen molar-refractivity contribution in [2.24, 2.45) is 4.99 Å². The highest BCUT2D eigenvalue weighted by atomic mass is 127. The normalized spacial score (nSPS) is 11.1. The Morgan fingerprint density at radius 1 is 1.30 bits per heavy atom. The Labute approximate surface area is 158 Å². The van der Waals surface area contributed by atoms with E-state index < -0.39 is 0 Å². The molecular weight excluding hydrogens is 425 g/mol. The summed E-state index contributed by atoms with van der Waals surface area (Å²) < 4.78 is 5.52. The highest BCUT2D eigenvalue weighted by molar-refractivity contribution is 14.0. The van der Waals surface area contributed by atoms with E-state index in [4.69, 9.17) is 4.42 Å². The van der Waals surface area contributed by atoms with Crippen LogP contribution in [0.15, 0.2) is 20.9 Å². The molecular formula is C15H24IN5OS. The molecule has 0 bridgehead atoms. The Morgan fingerprint density at radius 2 is 2.00 bits per heavy atom. The quantitative estimate of drug-likeness (QED) is 0.418. The number of thiazole rings is 1. The topological polar surface area (TPSA) is 65.7 Å². The minimum Gasteiger partial charge on any atom is -0.466 e. The highest BCUT2D eigenvalue weighted by Crippen LogP contribution is 2.17. The number of hydrogen-bond donors (Lipinski definition) is 2. The van der Waals surface area contributed by atoms with Crippen molar-refractivity contribution in [3.8, 4) is 0 Å². The van der Waals surface area contributed by atoms with Gasteiger partial charge >= 0.3 is 0 Å². The molecule has 0 aromatic carbocycles. The predicted octanol–water partition coefficient (Wildman–Crippen LogP) is 2.90. The third kappa shape index (κ3) is 5.69. The first-order valence-corrected chi connectivity index (χ1v) is 7.99. The van der Waals surface area contributed by atoms with E-state index in [1.54, 1.807) is 18.4 Å². The third-order valence-corrected chi connectivity index (χ3v) is 4.23. The Morgan fingerprint density at radius 3 is 2.52 bits per heavy atom. The van der Waals surface area contributed by atoms with E-state index >= 15 is 0 Å². The van der Waals surface area contributed by atoms with Gasteiger partial charge in [0.15, 0.2) is 11.1 Å². The number of rotatable bonds is 5. The molecule has 23 heavy (non-hydrogen) atoms. The smallest absolute Gasteiger partial charge is 0.191 e. The lowest BCUT2D eigenvalue weighted by Gasteiger charge is -2.10. The van der Waals surface area contributed by atoms with Gasteiger partial charge in [-0.15, -0.1) is 35.3 Å². The van der Waals surface area contributed by atoms with Gasteiger partial charge in [0, 0.05) is 38.6 Å². The summed E-state index contributed by atoms with van der Waals surface area (Å²) in [5, 5.41) is 9.61. The van der Waals surface area contributed by atoms with Gasteiger partial charge in [-0.05, 0) is 19.9 Å². The van der Waals surface area contributed by atoms with Gasteiger partial charge in [-0.1, -0.05) is 0 Å². The van der Waals surface area contributed by atoms with Gasteiger partial charge in [-0.2, -0.15) is 0 Å². The van der Waals surface area contributed by atoms with Crippen molar-refractivity contribution < 1.29 is 4.42 Å². The average molecular weight is 449 g/mol. The Kier molecular flexibility index (Phi) is 7.83. The number of nitrogens with one attached hydrogen (secondary N) is 2. The number of aromatic nitrogens is 1. The van der Waals surface area contributed by atoms with Crippen molar-refractivity contribution >= 4 is 46.4 Å². The number of hydrogen-bond acceptors (Lipinski definition) is 5. The van der Waals surface area contributed by atoms with Crippen LogP contribution in [-0.2, 0) is 13.1 Å². The van der Waals surface area contributed by atoms with Gasteiger partial charge in [-0.25, -0.2) is 4.98 Å². The molecule has 0 aliphatic heterocycles. The number of halogens is 1. The molecule has 0 radical (unpaired) electrons. The van der Waals surface area contributed by atoms with Crippen molar-refractivity contribution in [2.75, 3.05) is 26.0 Å². The number of aliphatic imine (C=N–C) groups is 1. The summed E-state index contributed by atoms with van der Waals surface area (Å²) >= 11 is 1.63. The van der Waals surface area contributed by atoms with Crippen LogP contribution in [0.5, 0.6) is 0 Å². The van der Waals surface area contributed by atoms with Crippen molar-refractivity contribution in [1.29, 1.82) is 0 Å². The average Bonchev–Trinajstić information content (AvgIpc) is 3.06. The summed E-state index contributed by atoms with van der Waals surface area (Å²) in [7, 11) is 5.74. The zero-order chi connectivity index (χ0) is 16.1. The van der Waals surface area contributed by atoms with Crippen LogP contribution < -0.4 is 15.5 Å². The first-order chi connectivity index (χ1) is 10.5. The first kappa shape index (κ1) is 19.8. The monoisotopic (exact) mass is 449 g/mol. The number of guanidine groups is 1. The second kappa shape index (κ2) is 9.11. The molecule has 0 saturated heterocycles. The zero-order valence-electron chi connectivity index (χ0n) is 14.1. The van der Waals surface area contributed by atoms with Gasteiger partial charge in [0.25, 0.3) is 0 Å². The fourth-order valence-electron chi connectivity index (χ4n) is 2.02. The second-order valence-corrected chi connectivity index (χ2v) is 6.07. The maximum atomic E-state index is 5.52. The minimum absolute atomic E-state index is 0. The van der Waals surface area contributed by atoms with E-state index in [0.717, 1.165) is 33.9 Å². The zero-order valence-corrected chi connectivity index (χ0v) is 17.3. The van der Waals surface area contributed by atoms with E-state index in [2.05, 4.69) is 26.0 Å². The molecule has 8 heteroatoms. The summed E-state index contributed by atoms with van der Waals surface area (Å²) in [6.07, 6.45) is 0. The van der Waals surface area contributed by atoms with Gasteiger partial charge in [0.05, 0.1) is 12.2 Å². The fraction of sp³-hybridized carbons (Fsp3) is 0.467. The molecule has 2 N–H and O–H groups in total. The maximum Gasteiger partial charge on any atom is 0.191 e. The summed E-state index contributed by atoms with van der Waals surface area (Å²) in [6, 6.07) is 2.04. The van der Waals surface area contributed by atoms with Crippen LogP contribution in [0.1, 0.15) is 22.8 Å². The van der Waals surface area contributed by atoms with Gasteiger partial charge < -0.3 is 20.0 Å². The Bertz CT molecular complexity index is 650. The molecule has 0 spiro atoms. The van der Waals surface area contributed by atoms with Gasteiger partial charge in [0.1, 0.15) is 11.5 Å². The molecule has 2 aromatic heterocycles. The van der Waals surface area contributed by atoms with Crippen LogP contribution in [0.25, 0.3) is 0 Å². The SMILES string of the molecule is CN=C(NCc1csc(N(C)C)n1)NCc1cc(C)oc1C.I. The van der Waals surface area contributed by atoms with Crippen molar-refractivity contribution in [3.05, 3.63) is 34.2 Å². The standard InChI is InChI=1S/C15H23N5OS.HI/c1-10-6-12(11(2)21-10)7-17-14(16-3)18-8-13-9-22-15(19-13)20(4)5;/h6,9H,7-8H2,1-5H3,(H2,16,17,18);1H. The first-order valence-electron chi connectivity index (χ1n) is 7.11. The molecule has 0 saturated carbocycles. The van der Waals surface area contributed by atoms with E-state index in [-0.39, 0.29) is 24.0 Å². The summed E-state index contributed by atoms with van der Waals surface area (Å²) in [6.45, 7) is 5.25. The number of furan rings is 1. The summed E-state index contributed by atoms with van der Waals surface area (Å²) in [4.78, 5) is 10.8. The predicted molar refractivity (Wildman–Crippen MR) is 107 cm³/mol. The molecule has 0 aliphatic rings. The van der Waals surface area contributed by atoms with Gasteiger partial charge in [-0.3, -0.25) is 4.99 Å².